The number of para-hydroxylation sites is 1. The molecule has 1 saturated heterocycles. The van der Waals surface area contributed by atoms with E-state index in [1.165, 1.54) is 4.88 Å². The Balaban J connectivity index is 1.55. The Hall–Kier alpha value is -2.00. The first kappa shape index (κ1) is 20.3. The van der Waals surface area contributed by atoms with Crippen molar-refractivity contribution in [3.05, 3.63) is 51.5 Å². The summed E-state index contributed by atoms with van der Waals surface area (Å²) in [6, 6.07) is 12.0. The zero-order chi connectivity index (χ0) is 20.1. The first-order chi connectivity index (χ1) is 14.2. The SMILES string of the molecule is CCOc1ccccc1-c1nn(CN(Cc2cccs2)C[C@@H]2CCCO2)c(=S)o1. The second kappa shape index (κ2) is 9.67. The van der Waals surface area contributed by atoms with Crippen molar-refractivity contribution in [1.82, 2.24) is 14.7 Å². The molecule has 0 unspecified atom stereocenters. The second-order valence-corrected chi connectivity index (χ2v) is 8.35. The molecule has 0 radical (unpaired) electrons. The maximum atomic E-state index is 5.85. The van der Waals surface area contributed by atoms with Gasteiger partial charge in [-0.2, -0.15) is 0 Å². The van der Waals surface area contributed by atoms with Gasteiger partial charge in [0.2, 0.25) is 0 Å². The Labute approximate surface area is 179 Å². The first-order valence-corrected chi connectivity index (χ1v) is 11.2. The molecule has 3 heterocycles. The summed E-state index contributed by atoms with van der Waals surface area (Å²) in [7, 11) is 0. The van der Waals surface area contributed by atoms with Crippen LogP contribution in [0.5, 0.6) is 5.75 Å². The van der Waals surface area contributed by atoms with Gasteiger partial charge >= 0.3 is 0 Å². The van der Waals surface area contributed by atoms with Crippen LogP contribution < -0.4 is 4.74 Å². The van der Waals surface area contributed by atoms with E-state index >= 15 is 0 Å². The zero-order valence-corrected chi connectivity index (χ0v) is 18.1. The molecule has 29 heavy (non-hydrogen) atoms. The van der Waals surface area contributed by atoms with E-state index in [2.05, 4.69) is 27.5 Å². The number of rotatable bonds is 9. The molecule has 6 nitrogen and oxygen atoms in total. The number of ether oxygens (including phenoxy) is 2. The highest BCUT2D eigenvalue weighted by atomic mass is 32.1. The van der Waals surface area contributed by atoms with Crippen molar-refractivity contribution < 1.29 is 13.9 Å². The summed E-state index contributed by atoms with van der Waals surface area (Å²) < 4.78 is 19.1. The van der Waals surface area contributed by atoms with Gasteiger partial charge in [0, 0.05) is 24.6 Å². The highest BCUT2D eigenvalue weighted by Gasteiger charge is 2.21. The number of thiophene rings is 1. The average molecular weight is 432 g/mol. The van der Waals surface area contributed by atoms with Gasteiger partial charge < -0.3 is 13.9 Å². The van der Waals surface area contributed by atoms with Crippen LogP contribution in [0.15, 0.2) is 46.2 Å². The molecule has 0 bridgehead atoms. The summed E-state index contributed by atoms with van der Waals surface area (Å²) in [6.45, 7) is 5.61. The van der Waals surface area contributed by atoms with Crippen LogP contribution in [0, 0.1) is 4.84 Å². The predicted molar refractivity (Wildman–Crippen MR) is 116 cm³/mol. The van der Waals surface area contributed by atoms with Gasteiger partial charge in [-0.1, -0.05) is 18.2 Å². The van der Waals surface area contributed by atoms with E-state index in [9.17, 15) is 0 Å². The lowest BCUT2D eigenvalue weighted by Gasteiger charge is -2.24. The fourth-order valence-corrected chi connectivity index (χ4v) is 4.41. The normalized spacial score (nSPS) is 16.6. The minimum atomic E-state index is 0.259. The molecule has 0 amide bonds. The lowest BCUT2D eigenvalue weighted by molar-refractivity contribution is 0.0568. The predicted octanol–water partition coefficient (Wildman–Crippen LogP) is 4.97. The molecule has 0 spiro atoms. The number of aromatic nitrogens is 2. The molecule has 0 saturated carbocycles. The quantitative estimate of drug-likeness (QED) is 0.446. The van der Waals surface area contributed by atoms with E-state index in [4.69, 9.17) is 26.1 Å². The van der Waals surface area contributed by atoms with Crippen LogP contribution in [0.1, 0.15) is 24.6 Å². The van der Waals surface area contributed by atoms with Gasteiger partial charge in [0.15, 0.2) is 0 Å². The van der Waals surface area contributed by atoms with Crippen molar-refractivity contribution in [3.63, 3.8) is 0 Å². The maximum absolute atomic E-state index is 5.85. The number of benzene rings is 1. The van der Waals surface area contributed by atoms with Crippen molar-refractivity contribution in [3.8, 4) is 17.2 Å². The third-order valence-corrected chi connectivity index (χ3v) is 5.96. The smallest absolute Gasteiger partial charge is 0.288 e. The van der Waals surface area contributed by atoms with Crippen LogP contribution in [0.3, 0.4) is 0 Å². The zero-order valence-electron chi connectivity index (χ0n) is 16.5. The molecule has 1 aromatic carbocycles. The summed E-state index contributed by atoms with van der Waals surface area (Å²) in [5, 5.41) is 6.75. The number of hydrogen-bond donors (Lipinski definition) is 0. The lowest BCUT2D eigenvalue weighted by Crippen LogP contribution is -2.33. The van der Waals surface area contributed by atoms with Gasteiger partial charge in [-0.15, -0.1) is 16.4 Å². The Morgan fingerprint density at radius 3 is 2.97 bits per heavy atom. The Morgan fingerprint density at radius 2 is 2.21 bits per heavy atom. The summed E-state index contributed by atoms with van der Waals surface area (Å²) in [5.74, 6) is 1.22. The molecule has 2 aromatic heterocycles. The van der Waals surface area contributed by atoms with Crippen molar-refractivity contribution in [2.75, 3.05) is 19.8 Å². The highest BCUT2D eigenvalue weighted by Crippen LogP contribution is 2.29. The van der Waals surface area contributed by atoms with E-state index in [1.54, 1.807) is 16.0 Å². The standard InChI is InChI=1S/C21H25N3O3S2/c1-2-25-19-10-4-3-9-18(19)20-22-24(21(28)27-20)15-23(13-16-7-5-11-26-16)14-17-8-6-12-29-17/h3-4,6,8-10,12,16H,2,5,7,11,13-15H2,1H3/t16-/m0/s1. The Bertz CT molecular complexity index is 962. The number of hydrogen-bond acceptors (Lipinski definition) is 7. The van der Waals surface area contributed by atoms with E-state index in [0.29, 0.717) is 24.0 Å². The van der Waals surface area contributed by atoms with Crippen LogP contribution in [0.4, 0.5) is 0 Å². The van der Waals surface area contributed by atoms with Crippen LogP contribution in [0.2, 0.25) is 0 Å². The molecule has 4 rings (SSSR count). The molecule has 1 aliphatic heterocycles. The van der Waals surface area contributed by atoms with Crippen molar-refractivity contribution in [1.29, 1.82) is 0 Å². The van der Waals surface area contributed by atoms with Gasteiger partial charge in [0.25, 0.3) is 10.7 Å². The van der Waals surface area contributed by atoms with Crippen molar-refractivity contribution >= 4 is 23.6 Å². The lowest BCUT2D eigenvalue weighted by atomic mass is 10.2. The fraction of sp³-hybridized carbons (Fsp3) is 0.429. The van der Waals surface area contributed by atoms with Gasteiger partial charge in [-0.3, -0.25) is 4.90 Å². The van der Waals surface area contributed by atoms with Crippen LogP contribution in [-0.2, 0) is 18.0 Å². The fourth-order valence-electron chi connectivity index (χ4n) is 3.49. The van der Waals surface area contributed by atoms with Crippen LogP contribution in [0.25, 0.3) is 11.5 Å². The molecule has 1 aliphatic rings. The first-order valence-electron chi connectivity index (χ1n) is 9.89. The molecule has 3 aromatic rings. The largest absolute Gasteiger partial charge is 0.493 e. The van der Waals surface area contributed by atoms with Gasteiger partial charge in [0.05, 0.1) is 24.9 Å². The summed E-state index contributed by atoms with van der Waals surface area (Å²) >= 11 is 7.22. The molecule has 0 N–H and O–H groups in total. The van der Waals surface area contributed by atoms with E-state index in [0.717, 1.165) is 43.9 Å². The van der Waals surface area contributed by atoms with Gasteiger partial charge in [-0.25, -0.2) is 4.68 Å². The van der Waals surface area contributed by atoms with Crippen molar-refractivity contribution in [2.45, 2.75) is 39.1 Å². The maximum Gasteiger partial charge on any atom is 0.288 e. The Kier molecular flexibility index (Phi) is 6.76. The second-order valence-electron chi connectivity index (χ2n) is 6.97. The van der Waals surface area contributed by atoms with Gasteiger partial charge in [-0.05, 0) is 55.6 Å². The molecular weight excluding hydrogens is 406 g/mol. The molecule has 154 valence electrons. The van der Waals surface area contributed by atoms with E-state index < -0.39 is 0 Å². The summed E-state index contributed by atoms with van der Waals surface area (Å²) in [6.07, 6.45) is 2.48. The molecule has 1 atom stereocenters. The van der Waals surface area contributed by atoms with Crippen LogP contribution in [-0.4, -0.2) is 40.5 Å². The minimum Gasteiger partial charge on any atom is -0.493 e. The molecular formula is C21H25N3O3S2. The van der Waals surface area contributed by atoms with Crippen molar-refractivity contribution in [2.24, 2.45) is 0 Å². The summed E-state index contributed by atoms with van der Waals surface area (Å²) in [4.78, 5) is 3.98. The topological polar surface area (TPSA) is 52.7 Å². The molecule has 1 fully saturated rings. The summed E-state index contributed by atoms with van der Waals surface area (Å²) in [5.41, 5.74) is 0.808. The molecule has 0 aliphatic carbocycles. The monoisotopic (exact) mass is 431 g/mol. The highest BCUT2D eigenvalue weighted by molar-refractivity contribution is 7.71. The van der Waals surface area contributed by atoms with Crippen LogP contribution >= 0.6 is 23.6 Å². The molecule has 8 heteroatoms. The van der Waals surface area contributed by atoms with Gasteiger partial charge in [0.1, 0.15) is 5.75 Å². The number of nitrogens with zero attached hydrogens (tertiary/aromatic N) is 3. The Morgan fingerprint density at radius 1 is 1.31 bits per heavy atom. The van der Waals surface area contributed by atoms with E-state index in [-0.39, 0.29) is 6.10 Å². The third kappa shape index (κ3) is 5.14. The average Bonchev–Trinajstić information content (AvgIpc) is 3.47. The third-order valence-electron chi connectivity index (χ3n) is 4.80. The minimum absolute atomic E-state index is 0.259. The van der Waals surface area contributed by atoms with E-state index in [1.807, 2.05) is 31.2 Å².